The Morgan fingerprint density at radius 3 is 2.67 bits per heavy atom. The summed E-state index contributed by atoms with van der Waals surface area (Å²) in [7, 11) is 1.67. The van der Waals surface area contributed by atoms with Crippen LogP contribution in [0.25, 0.3) is 10.2 Å². The molecule has 2 aromatic carbocycles. The van der Waals surface area contributed by atoms with Crippen molar-refractivity contribution in [1.29, 1.82) is 0 Å². The molecule has 1 aliphatic rings. The molecule has 0 atom stereocenters. The zero-order valence-electron chi connectivity index (χ0n) is 15.4. The van der Waals surface area contributed by atoms with E-state index < -0.39 is 0 Å². The first-order chi connectivity index (χ1) is 13.1. The van der Waals surface area contributed by atoms with Crippen LogP contribution in [0.5, 0.6) is 5.75 Å². The number of ether oxygens (including phenoxy) is 1. The van der Waals surface area contributed by atoms with Crippen molar-refractivity contribution in [3.63, 3.8) is 0 Å². The number of piperazine rings is 1. The van der Waals surface area contributed by atoms with Crippen LogP contribution in [0, 0.1) is 6.92 Å². The average Bonchev–Trinajstić information content (AvgIpc) is 3.13. The molecule has 2 heterocycles. The number of aryl methyl sites for hydroxylation is 1. The van der Waals surface area contributed by atoms with E-state index in [1.54, 1.807) is 18.4 Å². The minimum absolute atomic E-state index is 0.0435. The topological polar surface area (TPSA) is 57.7 Å². The van der Waals surface area contributed by atoms with Crippen LogP contribution in [0.15, 0.2) is 42.5 Å². The van der Waals surface area contributed by atoms with E-state index in [2.05, 4.69) is 10.2 Å². The van der Waals surface area contributed by atoms with Crippen molar-refractivity contribution in [3.8, 4) is 5.75 Å². The normalized spacial score (nSPS) is 14.4. The molecule has 1 aromatic heterocycles. The number of rotatable bonds is 3. The Balaban J connectivity index is 1.40. The number of methoxy groups -OCH3 is 1. The minimum atomic E-state index is -0.0435. The van der Waals surface area contributed by atoms with Gasteiger partial charge in [0.1, 0.15) is 5.75 Å². The summed E-state index contributed by atoms with van der Waals surface area (Å²) in [5, 5.41) is 4.01. The Morgan fingerprint density at radius 1 is 1.15 bits per heavy atom. The van der Waals surface area contributed by atoms with E-state index in [9.17, 15) is 4.79 Å². The molecule has 0 bridgehead atoms. The van der Waals surface area contributed by atoms with Gasteiger partial charge in [-0.15, -0.1) is 0 Å². The van der Waals surface area contributed by atoms with Gasteiger partial charge in [-0.05, 0) is 36.8 Å². The Hall–Kier alpha value is -2.80. The highest BCUT2D eigenvalue weighted by Crippen LogP contribution is 2.31. The van der Waals surface area contributed by atoms with Gasteiger partial charge in [-0.1, -0.05) is 29.5 Å². The molecule has 0 unspecified atom stereocenters. The van der Waals surface area contributed by atoms with Gasteiger partial charge in [-0.3, -0.25) is 0 Å². The van der Waals surface area contributed by atoms with Gasteiger partial charge in [0.15, 0.2) is 5.13 Å². The van der Waals surface area contributed by atoms with Gasteiger partial charge in [0.2, 0.25) is 0 Å². The average molecular weight is 382 g/mol. The first kappa shape index (κ1) is 17.6. The zero-order valence-corrected chi connectivity index (χ0v) is 16.3. The third-order valence-corrected chi connectivity index (χ3v) is 5.89. The number of benzene rings is 2. The van der Waals surface area contributed by atoms with Crippen LogP contribution in [-0.2, 0) is 0 Å². The molecule has 6 nitrogen and oxygen atoms in total. The van der Waals surface area contributed by atoms with E-state index in [4.69, 9.17) is 9.72 Å². The van der Waals surface area contributed by atoms with Gasteiger partial charge in [0.05, 0.1) is 17.3 Å². The SMILES string of the molecule is COc1ccc2nc(N3CCN(C(=O)Nc4ccccc4C)CC3)sc2c1. The molecule has 2 amide bonds. The lowest BCUT2D eigenvalue weighted by molar-refractivity contribution is 0.208. The summed E-state index contributed by atoms with van der Waals surface area (Å²) in [5.74, 6) is 0.843. The first-order valence-corrected chi connectivity index (χ1v) is 9.77. The lowest BCUT2D eigenvalue weighted by Crippen LogP contribution is -2.50. The second kappa shape index (κ2) is 7.44. The molecule has 4 rings (SSSR count). The van der Waals surface area contributed by atoms with Gasteiger partial charge in [0, 0.05) is 31.9 Å². The van der Waals surface area contributed by atoms with Crippen molar-refractivity contribution >= 4 is 38.4 Å². The summed E-state index contributed by atoms with van der Waals surface area (Å²) in [6, 6.07) is 13.7. The summed E-state index contributed by atoms with van der Waals surface area (Å²) in [6.45, 7) is 4.90. The van der Waals surface area contributed by atoms with Crippen molar-refractivity contribution in [2.24, 2.45) is 0 Å². The van der Waals surface area contributed by atoms with Crippen LogP contribution >= 0.6 is 11.3 Å². The molecule has 7 heteroatoms. The van der Waals surface area contributed by atoms with Gasteiger partial charge in [-0.25, -0.2) is 9.78 Å². The molecule has 1 fully saturated rings. The third kappa shape index (κ3) is 3.68. The van der Waals surface area contributed by atoms with E-state index in [1.165, 1.54) is 0 Å². The fourth-order valence-electron chi connectivity index (χ4n) is 3.16. The van der Waals surface area contributed by atoms with Crippen molar-refractivity contribution < 1.29 is 9.53 Å². The quantitative estimate of drug-likeness (QED) is 0.745. The molecule has 3 aromatic rings. The number of hydrogen-bond acceptors (Lipinski definition) is 5. The number of carbonyl (C=O) groups is 1. The Bertz CT molecular complexity index is 964. The standard InChI is InChI=1S/C20H22N4O2S/c1-14-5-3-4-6-16(14)21-19(25)23-9-11-24(12-10-23)20-22-17-8-7-15(26-2)13-18(17)27-20/h3-8,13H,9-12H2,1-2H3,(H,21,25). The number of para-hydroxylation sites is 1. The molecule has 0 radical (unpaired) electrons. The Kier molecular flexibility index (Phi) is 4.85. The molecular formula is C20H22N4O2S. The maximum absolute atomic E-state index is 12.5. The number of fused-ring (bicyclic) bond motifs is 1. The maximum atomic E-state index is 12.5. The first-order valence-electron chi connectivity index (χ1n) is 8.95. The number of urea groups is 1. The molecule has 140 valence electrons. The van der Waals surface area contributed by atoms with Gasteiger partial charge in [0.25, 0.3) is 0 Å². The van der Waals surface area contributed by atoms with E-state index in [-0.39, 0.29) is 6.03 Å². The Labute approximate surface area is 162 Å². The van der Waals surface area contributed by atoms with E-state index in [1.807, 2.05) is 54.3 Å². The highest BCUT2D eigenvalue weighted by molar-refractivity contribution is 7.22. The van der Waals surface area contributed by atoms with Crippen LogP contribution in [0.2, 0.25) is 0 Å². The molecule has 0 saturated carbocycles. The highest BCUT2D eigenvalue weighted by atomic mass is 32.1. The van der Waals surface area contributed by atoms with E-state index in [0.717, 1.165) is 45.4 Å². The predicted octanol–water partition coefficient (Wildman–Crippen LogP) is 3.97. The maximum Gasteiger partial charge on any atom is 0.321 e. The number of carbonyl (C=O) groups excluding carboxylic acids is 1. The van der Waals surface area contributed by atoms with Crippen molar-refractivity contribution in [1.82, 2.24) is 9.88 Å². The fraction of sp³-hybridized carbons (Fsp3) is 0.300. The predicted molar refractivity (Wildman–Crippen MR) is 110 cm³/mol. The third-order valence-electron chi connectivity index (χ3n) is 4.81. The number of hydrogen-bond donors (Lipinski definition) is 1. The second-order valence-corrected chi connectivity index (χ2v) is 7.56. The molecule has 1 aliphatic heterocycles. The van der Waals surface area contributed by atoms with E-state index in [0.29, 0.717) is 13.1 Å². The van der Waals surface area contributed by atoms with Crippen LogP contribution < -0.4 is 15.0 Å². The largest absolute Gasteiger partial charge is 0.497 e. The number of thiazole rings is 1. The molecular weight excluding hydrogens is 360 g/mol. The van der Waals surface area contributed by atoms with Gasteiger partial charge < -0.3 is 19.9 Å². The minimum Gasteiger partial charge on any atom is -0.497 e. The molecule has 1 N–H and O–H groups in total. The van der Waals surface area contributed by atoms with Crippen molar-refractivity contribution in [3.05, 3.63) is 48.0 Å². The van der Waals surface area contributed by atoms with Gasteiger partial charge >= 0.3 is 6.03 Å². The molecule has 0 aliphatic carbocycles. The van der Waals surface area contributed by atoms with E-state index >= 15 is 0 Å². The second-order valence-electron chi connectivity index (χ2n) is 6.55. The lowest BCUT2D eigenvalue weighted by Gasteiger charge is -2.34. The summed E-state index contributed by atoms with van der Waals surface area (Å²) in [5.41, 5.74) is 2.91. The van der Waals surface area contributed by atoms with Crippen molar-refractivity contribution in [2.45, 2.75) is 6.92 Å². The monoisotopic (exact) mass is 382 g/mol. The van der Waals surface area contributed by atoms with Crippen LogP contribution in [0.3, 0.4) is 0 Å². The molecule has 27 heavy (non-hydrogen) atoms. The number of amides is 2. The lowest BCUT2D eigenvalue weighted by atomic mass is 10.2. The summed E-state index contributed by atoms with van der Waals surface area (Å²) in [4.78, 5) is 21.4. The zero-order chi connectivity index (χ0) is 18.8. The summed E-state index contributed by atoms with van der Waals surface area (Å²) in [6.07, 6.45) is 0. The summed E-state index contributed by atoms with van der Waals surface area (Å²) < 4.78 is 6.40. The number of nitrogens with zero attached hydrogens (tertiary/aromatic N) is 3. The molecule has 1 saturated heterocycles. The molecule has 0 spiro atoms. The van der Waals surface area contributed by atoms with Gasteiger partial charge in [-0.2, -0.15) is 0 Å². The number of anilines is 2. The van der Waals surface area contributed by atoms with Crippen molar-refractivity contribution in [2.75, 3.05) is 43.5 Å². The number of aromatic nitrogens is 1. The number of nitrogens with one attached hydrogen (secondary N) is 1. The fourth-order valence-corrected chi connectivity index (χ4v) is 4.21. The smallest absolute Gasteiger partial charge is 0.321 e. The van der Waals surface area contributed by atoms with Crippen LogP contribution in [0.1, 0.15) is 5.56 Å². The van der Waals surface area contributed by atoms with Crippen LogP contribution in [0.4, 0.5) is 15.6 Å². The Morgan fingerprint density at radius 2 is 1.93 bits per heavy atom. The summed E-state index contributed by atoms with van der Waals surface area (Å²) >= 11 is 1.66. The van der Waals surface area contributed by atoms with Crippen LogP contribution in [-0.4, -0.2) is 49.2 Å². The highest BCUT2D eigenvalue weighted by Gasteiger charge is 2.23.